The largest absolute Gasteiger partial charge is 0.359 e. The van der Waals surface area contributed by atoms with Crippen LogP contribution in [0.25, 0.3) is 10.2 Å². The summed E-state index contributed by atoms with van der Waals surface area (Å²) in [7, 11) is 0. The van der Waals surface area contributed by atoms with Crippen molar-refractivity contribution in [3.05, 3.63) is 22.2 Å². The molecule has 1 N–H and O–H groups in total. The predicted molar refractivity (Wildman–Crippen MR) is 77.9 cm³/mol. The molecule has 1 fully saturated rings. The Hall–Kier alpha value is -0.610. The van der Waals surface area contributed by atoms with Crippen LogP contribution in [0.2, 0.25) is 0 Å². The number of fused-ring (bicyclic) bond motifs is 1. The number of hydrogen-bond donors (Lipinski definition) is 1. The van der Waals surface area contributed by atoms with E-state index in [1.165, 1.54) is 35.9 Å². The predicted octanol–water partition coefficient (Wildman–Crippen LogP) is 4.72. The van der Waals surface area contributed by atoms with Crippen molar-refractivity contribution < 1.29 is 0 Å². The van der Waals surface area contributed by atoms with Gasteiger partial charge in [0.05, 0.1) is 10.2 Å². The molecule has 2 aromatic rings. The third kappa shape index (κ3) is 2.33. The molecule has 1 aromatic heterocycles. The molecule has 0 saturated heterocycles. The molecule has 17 heavy (non-hydrogen) atoms. The fraction of sp³-hybridized carbons (Fsp3) is 0.462. The number of nitrogens with one attached hydrogen (secondary N) is 1. The molecule has 0 amide bonds. The molecule has 4 heteroatoms. The number of nitrogens with zero attached hydrogens (tertiary/aromatic N) is 1. The minimum atomic E-state index is 0.635. The van der Waals surface area contributed by atoms with Crippen molar-refractivity contribution in [3.8, 4) is 0 Å². The van der Waals surface area contributed by atoms with Crippen LogP contribution in [0.1, 0.15) is 31.2 Å². The number of thiazole rings is 1. The van der Waals surface area contributed by atoms with Gasteiger partial charge in [0.1, 0.15) is 0 Å². The van der Waals surface area contributed by atoms with Crippen molar-refractivity contribution in [2.24, 2.45) is 0 Å². The smallest absolute Gasteiger partial charge is 0.184 e. The molecule has 1 saturated carbocycles. The summed E-state index contributed by atoms with van der Waals surface area (Å²) in [4.78, 5) is 4.68. The van der Waals surface area contributed by atoms with Crippen molar-refractivity contribution >= 4 is 42.6 Å². The lowest BCUT2D eigenvalue weighted by Gasteiger charge is -2.09. The molecule has 0 spiro atoms. The van der Waals surface area contributed by atoms with Gasteiger partial charge in [-0.1, -0.05) is 24.2 Å². The molecular weight excluding hydrogens is 296 g/mol. The maximum Gasteiger partial charge on any atom is 0.184 e. The first-order valence-electron chi connectivity index (χ1n) is 6.05. The lowest BCUT2D eigenvalue weighted by molar-refractivity contribution is 0.754. The van der Waals surface area contributed by atoms with E-state index in [4.69, 9.17) is 0 Å². The highest BCUT2D eigenvalue weighted by Crippen LogP contribution is 2.33. The first kappa shape index (κ1) is 11.5. The van der Waals surface area contributed by atoms with Gasteiger partial charge in [-0.3, -0.25) is 0 Å². The fourth-order valence-electron chi connectivity index (χ4n) is 2.42. The number of anilines is 1. The fourth-order valence-corrected chi connectivity index (χ4v) is 4.29. The number of aryl methyl sites for hydroxylation is 1. The van der Waals surface area contributed by atoms with E-state index in [9.17, 15) is 0 Å². The summed E-state index contributed by atoms with van der Waals surface area (Å²) in [5.41, 5.74) is 2.36. The van der Waals surface area contributed by atoms with Gasteiger partial charge in [0.15, 0.2) is 5.13 Å². The lowest BCUT2D eigenvalue weighted by Crippen LogP contribution is -2.13. The minimum Gasteiger partial charge on any atom is -0.359 e. The van der Waals surface area contributed by atoms with E-state index in [-0.39, 0.29) is 0 Å². The minimum absolute atomic E-state index is 0.635. The highest BCUT2D eigenvalue weighted by Gasteiger charge is 2.16. The quantitative estimate of drug-likeness (QED) is 0.868. The summed E-state index contributed by atoms with van der Waals surface area (Å²) in [5, 5.41) is 4.63. The van der Waals surface area contributed by atoms with Crippen molar-refractivity contribution in [3.63, 3.8) is 0 Å². The Balaban J connectivity index is 1.93. The molecule has 3 rings (SSSR count). The standard InChI is InChI=1S/C13H15BrN2S/c1-8-6-10(14)12-11(7-8)17-13(16-12)15-9-4-2-3-5-9/h6-7,9H,2-5H2,1H3,(H,15,16). The Labute approximate surface area is 114 Å². The highest BCUT2D eigenvalue weighted by atomic mass is 79.9. The molecule has 0 radical (unpaired) electrons. The molecule has 1 aromatic carbocycles. The van der Waals surface area contributed by atoms with Crippen LogP contribution >= 0.6 is 27.3 Å². The zero-order valence-corrected chi connectivity index (χ0v) is 12.2. The Morgan fingerprint density at radius 2 is 2.12 bits per heavy atom. The van der Waals surface area contributed by atoms with Gasteiger partial charge in [-0.15, -0.1) is 0 Å². The van der Waals surface area contributed by atoms with E-state index >= 15 is 0 Å². The van der Waals surface area contributed by atoms with Crippen LogP contribution in [0.4, 0.5) is 5.13 Å². The van der Waals surface area contributed by atoms with Crippen LogP contribution in [0.3, 0.4) is 0 Å². The summed E-state index contributed by atoms with van der Waals surface area (Å²) in [6, 6.07) is 4.97. The van der Waals surface area contributed by atoms with Gasteiger partial charge >= 0.3 is 0 Å². The molecule has 90 valence electrons. The average Bonchev–Trinajstić information content (AvgIpc) is 2.87. The normalized spacial score (nSPS) is 16.8. The van der Waals surface area contributed by atoms with Gasteiger partial charge in [-0.2, -0.15) is 0 Å². The Morgan fingerprint density at radius 1 is 1.35 bits per heavy atom. The zero-order valence-electron chi connectivity index (χ0n) is 9.79. The first-order valence-corrected chi connectivity index (χ1v) is 7.66. The van der Waals surface area contributed by atoms with E-state index < -0.39 is 0 Å². The Bertz CT molecular complexity index is 544. The average molecular weight is 311 g/mol. The molecule has 0 atom stereocenters. The van der Waals surface area contributed by atoms with Crippen LogP contribution in [-0.2, 0) is 0 Å². The molecule has 1 aliphatic rings. The van der Waals surface area contributed by atoms with Crippen molar-refractivity contribution in [1.29, 1.82) is 0 Å². The third-order valence-corrected chi connectivity index (χ3v) is 4.81. The molecule has 1 heterocycles. The Morgan fingerprint density at radius 3 is 2.88 bits per heavy atom. The van der Waals surface area contributed by atoms with Crippen molar-refractivity contribution in [2.75, 3.05) is 5.32 Å². The zero-order chi connectivity index (χ0) is 11.8. The van der Waals surface area contributed by atoms with Crippen LogP contribution in [0, 0.1) is 6.92 Å². The highest BCUT2D eigenvalue weighted by molar-refractivity contribution is 9.10. The molecule has 0 unspecified atom stereocenters. The van der Waals surface area contributed by atoms with Crippen molar-refractivity contribution in [2.45, 2.75) is 38.6 Å². The van der Waals surface area contributed by atoms with Crippen LogP contribution in [0.5, 0.6) is 0 Å². The van der Waals surface area contributed by atoms with Crippen LogP contribution in [-0.4, -0.2) is 11.0 Å². The summed E-state index contributed by atoms with van der Waals surface area (Å²) >= 11 is 5.35. The van der Waals surface area contributed by atoms with Gasteiger partial charge < -0.3 is 5.32 Å². The van der Waals surface area contributed by atoms with Crippen LogP contribution in [0.15, 0.2) is 16.6 Å². The topological polar surface area (TPSA) is 24.9 Å². The SMILES string of the molecule is Cc1cc(Br)c2nc(NC3CCCC3)sc2c1. The monoisotopic (exact) mass is 310 g/mol. The lowest BCUT2D eigenvalue weighted by atomic mass is 10.2. The van der Waals surface area contributed by atoms with Gasteiger partial charge in [0.25, 0.3) is 0 Å². The van der Waals surface area contributed by atoms with Crippen LogP contribution < -0.4 is 5.32 Å². The van der Waals surface area contributed by atoms with E-state index in [2.05, 4.69) is 45.3 Å². The molecule has 0 bridgehead atoms. The second-order valence-electron chi connectivity index (χ2n) is 4.74. The Kier molecular flexibility index (Phi) is 3.09. The molecule has 2 nitrogen and oxygen atoms in total. The number of aromatic nitrogens is 1. The van der Waals surface area contributed by atoms with Gasteiger partial charge in [0, 0.05) is 10.5 Å². The summed E-state index contributed by atoms with van der Waals surface area (Å²) in [5.74, 6) is 0. The van der Waals surface area contributed by atoms with E-state index in [0.717, 1.165) is 15.1 Å². The number of benzene rings is 1. The number of rotatable bonds is 2. The van der Waals surface area contributed by atoms with E-state index in [1.807, 2.05) is 0 Å². The maximum absolute atomic E-state index is 4.68. The van der Waals surface area contributed by atoms with Gasteiger partial charge in [-0.05, 0) is 53.4 Å². The van der Waals surface area contributed by atoms with Crippen molar-refractivity contribution in [1.82, 2.24) is 4.98 Å². The molecule has 0 aliphatic heterocycles. The number of halogens is 1. The van der Waals surface area contributed by atoms with E-state index in [1.54, 1.807) is 11.3 Å². The van der Waals surface area contributed by atoms with E-state index in [0.29, 0.717) is 6.04 Å². The molecular formula is C13H15BrN2S. The third-order valence-electron chi connectivity index (χ3n) is 3.28. The molecule has 1 aliphatic carbocycles. The van der Waals surface area contributed by atoms with Gasteiger partial charge in [0.2, 0.25) is 0 Å². The summed E-state index contributed by atoms with van der Waals surface area (Å²) < 4.78 is 2.36. The maximum atomic E-state index is 4.68. The second-order valence-corrected chi connectivity index (χ2v) is 6.62. The summed E-state index contributed by atoms with van der Waals surface area (Å²) in [6.07, 6.45) is 5.28. The second kappa shape index (κ2) is 4.58. The van der Waals surface area contributed by atoms with Gasteiger partial charge in [-0.25, -0.2) is 4.98 Å². The number of hydrogen-bond acceptors (Lipinski definition) is 3. The summed E-state index contributed by atoms with van der Waals surface area (Å²) in [6.45, 7) is 2.12. The first-order chi connectivity index (χ1) is 8.22.